The SMILES string of the molecule is CC(C)C(C)(O)CCN. The molecule has 0 saturated heterocycles. The molecule has 9 heavy (non-hydrogen) atoms. The van der Waals surface area contributed by atoms with Crippen LogP contribution in [0.2, 0.25) is 0 Å². The molecular formula is C7H17NO. The average molecular weight is 131 g/mol. The van der Waals surface area contributed by atoms with Crippen LogP contribution in [0.25, 0.3) is 0 Å². The number of nitrogens with two attached hydrogens (primary N) is 1. The minimum Gasteiger partial charge on any atom is -0.390 e. The molecule has 3 N–H and O–H groups in total. The molecule has 0 amide bonds. The van der Waals surface area contributed by atoms with Gasteiger partial charge in [-0.05, 0) is 25.8 Å². The highest BCUT2D eigenvalue weighted by Gasteiger charge is 2.22. The molecule has 0 fully saturated rings. The second-order valence-electron chi connectivity index (χ2n) is 3.05. The third-order valence-electron chi connectivity index (χ3n) is 1.89. The summed E-state index contributed by atoms with van der Waals surface area (Å²) in [5, 5.41) is 9.51. The highest BCUT2D eigenvalue weighted by atomic mass is 16.3. The van der Waals surface area contributed by atoms with E-state index in [1.54, 1.807) is 0 Å². The topological polar surface area (TPSA) is 46.2 Å². The van der Waals surface area contributed by atoms with Crippen LogP contribution in [-0.2, 0) is 0 Å². The Balaban J connectivity index is 3.70. The number of hydrogen-bond acceptors (Lipinski definition) is 2. The van der Waals surface area contributed by atoms with Crippen molar-refractivity contribution in [2.24, 2.45) is 11.7 Å². The minimum atomic E-state index is -0.575. The van der Waals surface area contributed by atoms with Crippen molar-refractivity contribution in [3.63, 3.8) is 0 Å². The fraction of sp³-hybridized carbons (Fsp3) is 1.00. The monoisotopic (exact) mass is 131 g/mol. The zero-order chi connectivity index (χ0) is 7.49. The highest BCUT2D eigenvalue weighted by Crippen LogP contribution is 2.18. The smallest absolute Gasteiger partial charge is 0.0654 e. The molecule has 0 saturated carbocycles. The van der Waals surface area contributed by atoms with E-state index in [0.717, 1.165) is 0 Å². The van der Waals surface area contributed by atoms with E-state index in [2.05, 4.69) is 0 Å². The zero-order valence-electron chi connectivity index (χ0n) is 6.52. The van der Waals surface area contributed by atoms with Crippen LogP contribution < -0.4 is 5.73 Å². The van der Waals surface area contributed by atoms with E-state index in [-0.39, 0.29) is 0 Å². The zero-order valence-corrected chi connectivity index (χ0v) is 6.52. The molecule has 0 aliphatic rings. The molecule has 1 unspecified atom stereocenters. The number of aliphatic hydroxyl groups is 1. The quantitative estimate of drug-likeness (QED) is 0.593. The molecule has 0 aromatic heterocycles. The molecule has 56 valence electrons. The third-order valence-corrected chi connectivity index (χ3v) is 1.89. The van der Waals surface area contributed by atoms with Gasteiger partial charge in [0.25, 0.3) is 0 Å². The Labute approximate surface area is 57.1 Å². The van der Waals surface area contributed by atoms with Crippen LogP contribution >= 0.6 is 0 Å². The van der Waals surface area contributed by atoms with Crippen molar-refractivity contribution in [1.82, 2.24) is 0 Å². The van der Waals surface area contributed by atoms with Gasteiger partial charge in [-0.2, -0.15) is 0 Å². The minimum absolute atomic E-state index is 0.293. The normalized spacial score (nSPS) is 18.0. The molecule has 0 aliphatic heterocycles. The van der Waals surface area contributed by atoms with Gasteiger partial charge in [0.1, 0.15) is 0 Å². The summed E-state index contributed by atoms with van der Waals surface area (Å²) in [6.07, 6.45) is 0.685. The second-order valence-corrected chi connectivity index (χ2v) is 3.05. The molecule has 0 aromatic carbocycles. The summed E-state index contributed by atoms with van der Waals surface area (Å²) >= 11 is 0. The lowest BCUT2D eigenvalue weighted by atomic mass is 9.89. The summed E-state index contributed by atoms with van der Waals surface area (Å²) in [7, 11) is 0. The first-order valence-corrected chi connectivity index (χ1v) is 3.43. The van der Waals surface area contributed by atoms with Crippen LogP contribution in [0.3, 0.4) is 0 Å². The van der Waals surface area contributed by atoms with Gasteiger partial charge in [0, 0.05) is 0 Å². The first-order chi connectivity index (χ1) is 4.00. The van der Waals surface area contributed by atoms with E-state index in [1.807, 2.05) is 20.8 Å². The van der Waals surface area contributed by atoms with Gasteiger partial charge in [-0.25, -0.2) is 0 Å². The molecule has 0 aromatic rings. The van der Waals surface area contributed by atoms with Crippen molar-refractivity contribution in [3.05, 3.63) is 0 Å². The fourth-order valence-electron chi connectivity index (χ4n) is 0.581. The Kier molecular flexibility index (Phi) is 3.15. The molecule has 0 spiro atoms. The van der Waals surface area contributed by atoms with Crippen LogP contribution in [0.4, 0.5) is 0 Å². The first-order valence-electron chi connectivity index (χ1n) is 3.43. The summed E-state index contributed by atoms with van der Waals surface area (Å²) < 4.78 is 0. The number of hydrogen-bond donors (Lipinski definition) is 2. The highest BCUT2D eigenvalue weighted by molar-refractivity contribution is 4.75. The van der Waals surface area contributed by atoms with E-state index in [1.165, 1.54) is 0 Å². The summed E-state index contributed by atoms with van der Waals surface area (Å²) in [5.41, 5.74) is 4.72. The lowest BCUT2D eigenvalue weighted by Crippen LogP contribution is -2.33. The van der Waals surface area contributed by atoms with Gasteiger partial charge in [-0.1, -0.05) is 13.8 Å². The van der Waals surface area contributed by atoms with Crippen LogP contribution in [-0.4, -0.2) is 17.3 Å². The molecular weight excluding hydrogens is 114 g/mol. The Bertz CT molecular complexity index is 79.0. The Morgan fingerprint density at radius 3 is 2.11 bits per heavy atom. The lowest BCUT2D eigenvalue weighted by Gasteiger charge is -2.26. The van der Waals surface area contributed by atoms with Gasteiger partial charge in [-0.3, -0.25) is 0 Å². The number of rotatable bonds is 3. The molecule has 2 nitrogen and oxygen atoms in total. The Morgan fingerprint density at radius 2 is 2.00 bits per heavy atom. The standard InChI is InChI=1S/C7H17NO/c1-6(2)7(3,9)4-5-8/h6,9H,4-5,8H2,1-3H3. The third kappa shape index (κ3) is 2.82. The van der Waals surface area contributed by atoms with Crippen molar-refractivity contribution in [1.29, 1.82) is 0 Å². The van der Waals surface area contributed by atoms with E-state index in [4.69, 9.17) is 5.73 Å². The largest absolute Gasteiger partial charge is 0.390 e. The van der Waals surface area contributed by atoms with Gasteiger partial charge in [0.15, 0.2) is 0 Å². The van der Waals surface area contributed by atoms with Gasteiger partial charge in [0.05, 0.1) is 5.60 Å². The maximum Gasteiger partial charge on any atom is 0.0654 e. The lowest BCUT2D eigenvalue weighted by molar-refractivity contribution is 0.00776. The predicted octanol–water partition coefficient (Wildman–Crippen LogP) is 0.742. The molecule has 0 bridgehead atoms. The van der Waals surface area contributed by atoms with Crippen molar-refractivity contribution in [2.75, 3.05) is 6.54 Å². The molecule has 0 aliphatic carbocycles. The van der Waals surface area contributed by atoms with Gasteiger partial charge < -0.3 is 10.8 Å². The van der Waals surface area contributed by atoms with Gasteiger partial charge in [-0.15, -0.1) is 0 Å². The molecule has 1 atom stereocenters. The van der Waals surface area contributed by atoms with E-state index >= 15 is 0 Å². The predicted molar refractivity (Wildman–Crippen MR) is 39.1 cm³/mol. The van der Waals surface area contributed by atoms with E-state index < -0.39 is 5.60 Å². The Hall–Kier alpha value is -0.0800. The fourth-order valence-corrected chi connectivity index (χ4v) is 0.581. The van der Waals surface area contributed by atoms with Crippen LogP contribution in [0.1, 0.15) is 27.2 Å². The second kappa shape index (κ2) is 3.18. The maximum absolute atomic E-state index is 9.51. The van der Waals surface area contributed by atoms with E-state index in [0.29, 0.717) is 18.9 Å². The maximum atomic E-state index is 9.51. The molecule has 0 radical (unpaired) electrons. The van der Waals surface area contributed by atoms with Crippen molar-refractivity contribution >= 4 is 0 Å². The summed E-state index contributed by atoms with van der Waals surface area (Å²) in [6, 6.07) is 0. The van der Waals surface area contributed by atoms with E-state index in [9.17, 15) is 5.11 Å². The molecule has 2 heteroatoms. The first kappa shape index (κ1) is 8.92. The summed E-state index contributed by atoms with van der Waals surface area (Å²) in [5.74, 6) is 0.293. The molecule has 0 rings (SSSR count). The van der Waals surface area contributed by atoms with Crippen LogP contribution in [0.15, 0.2) is 0 Å². The Morgan fingerprint density at radius 1 is 1.56 bits per heavy atom. The summed E-state index contributed by atoms with van der Waals surface area (Å²) in [6.45, 7) is 6.38. The van der Waals surface area contributed by atoms with Crippen molar-refractivity contribution in [3.8, 4) is 0 Å². The van der Waals surface area contributed by atoms with Crippen LogP contribution in [0.5, 0.6) is 0 Å². The van der Waals surface area contributed by atoms with Gasteiger partial charge >= 0.3 is 0 Å². The summed E-state index contributed by atoms with van der Waals surface area (Å²) in [4.78, 5) is 0. The van der Waals surface area contributed by atoms with Crippen LogP contribution in [0, 0.1) is 5.92 Å². The van der Waals surface area contributed by atoms with Crippen molar-refractivity contribution in [2.45, 2.75) is 32.8 Å². The average Bonchev–Trinajstić information content (AvgIpc) is 1.65. The molecule has 0 heterocycles. The van der Waals surface area contributed by atoms with Crippen molar-refractivity contribution < 1.29 is 5.11 Å². The van der Waals surface area contributed by atoms with Gasteiger partial charge in [0.2, 0.25) is 0 Å².